The van der Waals surface area contributed by atoms with Crippen LogP contribution in [0, 0.1) is 0 Å². The third-order valence-electron chi connectivity index (χ3n) is 2.05. The molecule has 5 nitrogen and oxygen atoms in total. The normalized spacial score (nSPS) is 15.4. The first kappa shape index (κ1) is 21.6. The highest BCUT2D eigenvalue weighted by Crippen LogP contribution is 2.13. The summed E-state index contributed by atoms with van der Waals surface area (Å²) in [5.41, 5.74) is 5.42. The number of likely N-dealkylation sites (tertiary alicyclic amines) is 1. The fourth-order valence-corrected chi connectivity index (χ4v) is 1.23. The Morgan fingerprint density at radius 2 is 1.60 bits per heavy atom. The van der Waals surface area contributed by atoms with Gasteiger partial charge in [0.05, 0.1) is 11.4 Å². The van der Waals surface area contributed by atoms with Crippen LogP contribution in [0.3, 0.4) is 0 Å². The van der Waals surface area contributed by atoms with Crippen LogP contribution in [-0.2, 0) is 9.59 Å². The van der Waals surface area contributed by atoms with Gasteiger partial charge in [0.15, 0.2) is 0 Å². The van der Waals surface area contributed by atoms with E-state index in [1.807, 2.05) is 4.90 Å². The average Bonchev–Trinajstić information content (AvgIpc) is 2.81. The standard InChI is InChI=1S/C7H14N2O.C2HF3O2.CH2Cl2/c1-6(8)7(10)9-4-2-3-5-9;3-2(4,5)1(6)7;2-1-3/h6H,2-5,8H2,1H3;(H,6,7);1H2/t6-;;/m0../s1. The lowest BCUT2D eigenvalue weighted by Gasteiger charge is -2.16. The van der Waals surface area contributed by atoms with Gasteiger partial charge in [0, 0.05) is 13.1 Å². The summed E-state index contributed by atoms with van der Waals surface area (Å²) >= 11 is 9.53. The van der Waals surface area contributed by atoms with Crippen LogP contribution in [0.1, 0.15) is 19.8 Å². The van der Waals surface area contributed by atoms with E-state index in [0.29, 0.717) is 0 Å². The van der Waals surface area contributed by atoms with Gasteiger partial charge in [-0.3, -0.25) is 4.79 Å². The van der Waals surface area contributed by atoms with Crippen molar-refractivity contribution < 1.29 is 27.9 Å². The molecule has 0 unspecified atom stereocenters. The fraction of sp³-hybridized carbons (Fsp3) is 0.800. The number of alkyl halides is 5. The van der Waals surface area contributed by atoms with Crippen molar-refractivity contribution in [2.45, 2.75) is 32.0 Å². The van der Waals surface area contributed by atoms with E-state index >= 15 is 0 Å². The van der Waals surface area contributed by atoms with Gasteiger partial charge < -0.3 is 15.7 Å². The molecule has 0 aliphatic carbocycles. The Morgan fingerprint density at radius 1 is 1.30 bits per heavy atom. The first-order chi connectivity index (χ1) is 9.07. The summed E-state index contributed by atoms with van der Waals surface area (Å²) in [5.74, 6) is -2.66. The van der Waals surface area contributed by atoms with Gasteiger partial charge in [-0.05, 0) is 19.8 Å². The van der Waals surface area contributed by atoms with Gasteiger partial charge in [-0.1, -0.05) is 0 Å². The van der Waals surface area contributed by atoms with Crippen LogP contribution in [-0.4, -0.2) is 52.5 Å². The van der Waals surface area contributed by atoms with E-state index < -0.39 is 12.1 Å². The number of hydrogen-bond acceptors (Lipinski definition) is 3. The second-order valence-electron chi connectivity index (χ2n) is 3.72. The van der Waals surface area contributed by atoms with Gasteiger partial charge in [-0.2, -0.15) is 13.2 Å². The van der Waals surface area contributed by atoms with Crippen LogP contribution in [0.4, 0.5) is 13.2 Å². The van der Waals surface area contributed by atoms with E-state index in [9.17, 15) is 18.0 Å². The van der Waals surface area contributed by atoms with Gasteiger partial charge in [0.1, 0.15) is 0 Å². The van der Waals surface area contributed by atoms with Gasteiger partial charge in [0.2, 0.25) is 5.91 Å². The zero-order chi connectivity index (χ0) is 16.3. The summed E-state index contributed by atoms with van der Waals surface area (Å²) in [6.07, 6.45) is -2.81. The van der Waals surface area contributed by atoms with Crippen molar-refractivity contribution >= 4 is 35.1 Å². The van der Waals surface area contributed by atoms with Gasteiger partial charge in [-0.15, -0.1) is 23.2 Å². The summed E-state index contributed by atoms with van der Waals surface area (Å²) in [5, 5.41) is 7.32. The summed E-state index contributed by atoms with van der Waals surface area (Å²) < 4.78 is 31.7. The topological polar surface area (TPSA) is 83.6 Å². The average molecular weight is 341 g/mol. The second-order valence-corrected chi connectivity index (χ2v) is 4.53. The molecule has 0 bridgehead atoms. The monoisotopic (exact) mass is 340 g/mol. The van der Waals surface area contributed by atoms with Crippen LogP contribution >= 0.6 is 23.2 Å². The third-order valence-corrected chi connectivity index (χ3v) is 2.05. The molecule has 20 heavy (non-hydrogen) atoms. The van der Waals surface area contributed by atoms with E-state index in [-0.39, 0.29) is 17.3 Å². The molecule has 1 rings (SSSR count). The number of nitrogens with zero attached hydrogens (tertiary/aromatic N) is 1. The summed E-state index contributed by atoms with van der Waals surface area (Å²) in [6, 6.07) is -0.321. The molecular weight excluding hydrogens is 324 g/mol. The predicted molar refractivity (Wildman–Crippen MR) is 69.7 cm³/mol. The van der Waals surface area contributed by atoms with Crippen molar-refractivity contribution in [1.82, 2.24) is 4.90 Å². The summed E-state index contributed by atoms with van der Waals surface area (Å²) in [4.78, 5) is 21.9. The molecule has 1 heterocycles. The molecule has 10 heteroatoms. The highest BCUT2D eigenvalue weighted by molar-refractivity contribution is 6.40. The van der Waals surface area contributed by atoms with Crippen molar-refractivity contribution in [2.24, 2.45) is 5.73 Å². The lowest BCUT2D eigenvalue weighted by molar-refractivity contribution is -0.192. The number of halogens is 5. The molecule has 3 N–H and O–H groups in total. The Labute approximate surface area is 124 Å². The molecule has 1 fully saturated rings. The van der Waals surface area contributed by atoms with Crippen LogP contribution < -0.4 is 5.73 Å². The SMILES string of the molecule is C[C@H](N)C(=O)N1CCCC1.ClCCl.O=C(O)C(F)(F)F. The number of carboxylic acid groups (broad SMARTS) is 1. The Balaban J connectivity index is 0. The molecule has 1 aliphatic heterocycles. The predicted octanol–water partition coefficient (Wildman–Crippen LogP) is 2.01. The fourth-order valence-electron chi connectivity index (χ4n) is 1.23. The summed E-state index contributed by atoms with van der Waals surface area (Å²) in [6.45, 7) is 3.54. The molecule has 1 aliphatic rings. The quantitative estimate of drug-likeness (QED) is 0.715. The van der Waals surface area contributed by atoms with Crippen LogP contribution in [0.2, 0.25) is 0 Å². The second kappa shape index (κ2) is 11.0. The van der Waals surface area contributed by atoms with E-state index in [2.05, 4.69) is 0 Å². The highest BCUT2D eigenvalue weighted by Gasteiger charge is 2.38. The maximum absolute atomic E-state index is 11.1. The Hall–Kier alpha value is -0.730. The minimum Gasteiger partial charge on any atom is -0.475 e. The Bertz CT molecular complexity index is 296. The van der Waals surface area contributed by atoms with Crippen molar-refractivity contribution in [3.63, 3.8) is 0 Å². The van der Waals surface area contributed by atoms with Crippen molar-refractivity contribution in [3.8, 4) is 0 Å². The van der Waals surface area contributed by atoms with E-state index in [1.165, 1.54) is 0 Å². The number of amides is 1. The maximum Gasteiger partial charge on any atom is 0.490 e. The minimum atomic E-state index is -5.08. The molecule has 1 amide bonds. The lowest BCUT2D eigenvalue weighted by Crippen LogP contribution is -2.40. The molecule has 0 saturated carbocycles. The molecule has 0 aromatic heterocycles. The zero-order valence-electron chi connectivity index (χ0n) is 10.8. The number of aliphatic carboxylic acids is 1. The largest absolute Gasteiger partial charge is 0.490 e. The number of carboxylic acids is 1. The third kappa shape index (κ3) is 11.1. The van der Waals surface area contributed by atoms with Crippen LogP contribution in [0.25, 0.3) is 0 Å². The molecule has 0 aromatic rings. The molecule has 1 saturated heterocycles. The molecule has 0 aromatic carbocycles. The first-order valence-electron chi connectivity index (χ1n) is 5.54. The van der Waals surface area contributed by atoms with Crippen molar-refractivity contribution in [2.75, 3.05) is 18.4 Å². The van der Waals surface area contributed by atoms with Gasteiger partial charge in [-0.25, -0.2) is 4.79 Å². The highest BCUT2D eigenvalue weighted by atomic mass is 35.5. The van der Waals surface area contributed by atoms with Gasteiger partial charge >= 0.3 is 12.1 Å². The molecule has 1 atom stereocenters. The Morgan fingerprint density at radius 3 is 1.80 bits per heavy atom. The van der Waals surface area contributed by atoms with Crippen molar-refractivity contribution in [1.29, 1.82) is 0 Å². The molecule has 0 radical (unpaired) electrons. The number of hydrogen-bond donors (Lipinski definition) is 2. The molecule has 120 valence electrons. The number of rotatable bonds is 1. The molecular formula is C10H17Cl2F3N2O3. The number of carbonyl (C=O) groups excluding carboxylic acids is 1. The Kier molecular flexibility index (Phi) is 11.8. The zero-order valence-corrected chi connectivity index (χ0v) is 12.3. The first-order valence-corrected chi connectivity index (χ1v) is 6.61. The lowest BCUT2D eigenvalue weighted by atomic mass is 10.3. The maximum atomic E-state index is 11.1. The number of carbonyl (C=O) groups is 2. The summed E-state index contributed by atoms with van der Waals surface area (Å²) in [7, 11) is 0. The van der Waals surface area contributed by atoms with E-state index in [1.54, 1.807) is 6.92 Å². The smallest absolute Gasteiger partial charge is 0.475 e. The molecule has 0 spiro atoms. The van der Waals surface area contributed by atoms with E-state index in [0.717, 1.165) is 25.9 Å². The van der Waals surface area contributed by atoms with E-state index in [4.69, 9.17) is 38.8 Å². The van der Waals surface area contributed by atoms with Crippen LogP contribution in [0.15, 0.2) is 0 Å². The number of nitrogens with two attached hydrogens (primary N) is 1. The van der Waals surface area contributed by atoms with Crippen LogP contribution in [0.5, 0.6) is 0 Å². The van der Waals surface area contributed by atoms with Gasteiger partial charge in [0.25, 0.3) is 0 Å². The minimum absolute atomic E-state index is 0.0949. The van der Waals surface area contributed by atoms with Crippen molar-refractivity contribution in [3.05, 3.63) is 0 Å².